The van der Waals surface area contributed by atoms with E-state index in [9.17, 15) is 10.1 Å². The van der Waals surface area contributed by atoms with Crippen LogP contribution in [0.4, 0.5) is 5.82 Å². The van der Waals surface area contributed by atoms with Gasteiger partial charge in [0, 0.05) is 12.4 Å². The number of thioether (sulfide) groups is 1. The fourth-order valence-corrected chi connectivity index (χ4v) is 1.84. The van der Waals surface area contributed by atoms with Gasteiger partial charge in [0.05, 0.1) is 6.61 Å². The lowest BCUT2D eigenvalue weighted by atomic mass is 10.5. The van der Waals surface area contributed by atoms with Gasteiger partial charge < -0.3 is 14.9 Å². The van der Waals surface area contributed by atoms with Gasteiger partial charge in [0.15, 0.2) is 0 Å². The Morgan fingerprint density at radius 3 is 3.13 bits per heavy atom. The van der Waals surface area contributed by atoms with Gasteiger partial charge in [-0.05, 0) is 29.0 Å². The second-order valence-electron chi connectivity index (χ2n) is 2.63. The monoisotopic (exact) mass is 228 g/mol. The van der Waals surface area contributed by atoms with Crippen molar-refractivity contribution in [2.24, 2.45) is 0 Å². The number of nitro groups is 1. The van der Waals surface area contributed by atoms with E-state index in [1.807, 2.05) is 6.92 Å². The molecule has 0 amide bonds. The van der Waals surface area contributed by atoms with Crippen LogP contribution < -0.4 is 0 Å². The van der Waals surface area contributed by atoms with Crippen molar-refractivity contribution in [2.75, 3.05) is 19.0 Å². The maximum Gasteiger partial charge on any atom is 0.377 e. The minimum absolute atomic E-state index is 0.0843. The Bertz CT molecular complexity index is 333. The molecule has 1 rings (SSSR count). The molecule has 0 N–H and O–H groups in total. The van der Waals surface area contributed by atoms with Gasteiger partial charge in [-0.3, -0.25) is 0 Å². The molecule has 0 fully saturated rings. The van der Waals surface area contributed by atoms with Gasteiger partial charge >= 0.3 is 5.82 Å². The summed E-state index contributed by atoms with van der Waals surface area (Å²) in [6.07, 6.45) is 1.42. The number of hydrogen-bond acceptors (Lipinski definition) is 5. The average molecular weight is 228 g/mol. The van der Waals surface area contributed by atoms with Crippen LogP contribution in [0.25, 0.3) is 0 Å². The molecule has 5 nitrogen and oxygen atoms in total. The molecule has 0 saturated heterocycles. The largest absolute Gasteiger partial charge is 0.381 e. The van der Waals surface area contributed by atoms with E-state index in [4.69, 9.17) is 4.74 Å². The van der Waals surface area contributed by atoms with E-state index in [1.165, 1.54) is 18.0 Å². The molecule has 0 aliphatic heterocycles. The zero-order valence-electron chi connectivity index (χ0n) is 8.38. The second-order valence-corrected chi connectivity index (χ2v) is 3.76. The summed E-state index contributed by atoms with van der Waals surface area (Å²) in [7, 11) is 0. The Kier molecular flexibility index (Phi) is 5.06. The Hall–Kier alpha value is -1.14. The summed E-state index contributed by atoms with van der Waals surface area (Å²) < 4.78 is 5.14. The first-order valence-electron chi connectivity index (χ1n) is 4.55. The van der Waals surface area contributed by atoms with Crippen LogP contribution in [0.15, 0.2) is 23.2 Å². The summed E-state index contributed by atoms with van der Waals surface area (Å²) >= 11 is 1.39. The highest BCUT2D eigenvalue weighted by Crippen LogP contribution is 2.25. The molecule has 6 heteroatoms. The summed E-state index contributed by atoms with van der Waals surface area (Å²) in [5, 5.41) is 10.6. The third-order valence-electron chi connectivity index (χ3n) is 1.61. The van der Waals surface area contributed by atoms with Gasteiger partial charge in [0.2, 0.25) is 0 Å². The smallest absolute Gasteiger partial charge is 0.377 e. The zero-order chi connectivity index (χ0) is 11.1. The van der Waals surface area contributed by atoms with E-state index in [0.29, 0.717) is 23.9 Å². The van der Waals surface area contributed by atoms with Crippen LogP contribution >= 0.6 is 11.8 Å². The predicted octanol–water partition coefficient (Wildman–Crippen LogP) is 2.12. The maximum absolute atomic E-state index is 10.6. The van der Waals surface area contributed by atoms with Crippen LogP contribution in [0.2, 0.25) is 0 Å². The number of pyridine rings is 1. The highest BCUT2D eigenvalue weighted by atomic mass is 32.2. The Morgan fingerprint density at radius 1 is 1.67 bits per heavy atom. The van der Waals surface area contributed by atoms with Crippen molar-refractivity contribution >= 4 is 17.6 Å². The number of nitrogens with zero attached hydrogens (tertiary/aromatic N) is 2. The van der Waals surface area contributed by atoms with Gasteiger partial charge in [-0.1, -0.05) is 0 Å². The molecule has 0 aliphatic rings. The summed E-state index contributed by atoms with van der Waals surface area (Å²) in [6, 6.07) is 3.39. The van der Waals surface area contributed by atoms with Gasteiger partial charge in [-0.25, -0.2) is 0 Å². The van der Waals surface area contributed by atoms with Gasteiger partial charge in [-0.15, -0.1) is 11.8 Å². The highest BCUT2D eigenvalue weighted by Gasteiger charge is 2.13. The van der Waals surface area contributed by atoms with Crippen LogP contribution in [0.1, 0.15) is 6.92 Å². The van der Waals surface area contributed by atoms with E-state index in [0.717, 1.165) is 0 Å². The minimum atomic E-state index is -0.469. The first-order chi connectivity index (χ1) is 7.25. The molecule has 82 valence electrons. The van der Waals surface area contributed by atoms with E-state index in [1.54, 1.807) is 12.1 Å². The normalized spacial score (nSPS) is 10.2. The SMILES string of the molecule is CCOCCSc1cccnc1[N+](=O)[O-]. The molecule has 1 heterocycles. The van der Waals surface area contributed by atoms with E-state index >= 15 is 0 Å². The van der Waals surface area contributed by atoms with Gasteiger partial charge in [0.25, 0.3) is 0 Å². The van der Waals surface area contributed by atoms with E-state index < -0.39 is 4.92 Å². The Morgan fingerprint density at radius 2 is 2.47 bits per heavy atom. The second kappa shape index (κ2) is 6.36. The summed E-state index contributed by atoms with van der Waals surface area (Å²) in [5.41, 5.74) is 0. The van der Waals surface area contributed by atoms with Gasteiger partial charge in [-0.2, -0.15) is 0 Å². The van der Waals surface area contributed by atoms with Crippen molar-refractivity contribution in [1.82, 2.24) is 4.98 Å². The summed E-state index contributed by atoms with van der Waals surface area (Å²) in [6.45, 7) is 3.17. The van der Waals surface area contributed by atoms with Crippen LogP contribution in [0.5, 0.6) is 0 Å². The molecule has 0 saturated carbocycles. The molecule has 0 atom stereocenters. The molecule has 0 radical (unpaired) electrons. The summed E-state index contributed by atoms with van der Waals surface area (Å²) in [4.78, 5) is 14.4. The molecular weight excluding hydrogens is 216 g/mol. The van der Waals surface area contributed by atoms with Crippen molar-refractivity contribution in [3.05, 3.63) is 28.4 Å². The predicted molar refractivity (Wildman–Crippen MR) is 58.1 cm³/mol. The molecule has 1 aromatic rings. The molecular formula is C9H12N2O3S. The first-order valence-corrected chi connectivity index (χ1v) is 5.54. The highest BCUT2D eigenvalue weighted by molar-refractivity contribution is 7.99. The van der Waals surface area contributed by atoms with Crippen molar-refractivity contribution in [3.63, 3.8) is 0 Å². The fraction of sp³-hybridized carbons (Fsp3) is 0.444. The van der Waals surface area contributed by atoms with Crippen molar-refractivity contribution < 1.29 is 9.66 Å². The van der Waals surface area contributed by atoms with Crippen LogP contribution in [0, 0.1) is 10.1 Å². The molecule has 15 heavy (non-hydrogen) atoms. The maximum atomic E-state index is 10.6. The zero-order valence-corrected chi connectivity index (χ0v) is 9.20. The molecule has 0 bridgehead atoms. The minimum Gasteiger partial charge on any atom is -0.381 e. The lowest BCUT2D eigenvalue weighted by Crippen LogP contribution is -1.98. The van der Waals surface area contributed by atoms with E-state index in [2.05, 4.69) is 4.98 Å². The summed E-state index contributed by atoms with van der Waals surface area (Å²) in [5.74, 6) is 0.611. The molecule has 0 spiro atoms. The topological polar surface area (TPSA) is 65.3 Å². The van der Waals surface area contributed by atoms with Crippen LogP contribution in [-0.4, -0.2) is 28.9 Å². The molecule has 0 unspecified atom stereocenters. The number of ether oxygens (including phenoxy) is 1. The first kappa shape index (κ1) is 11.9. The van der Waals surface area contributed by atoms with Crippen molar-refractivity contribution in [3.8, 4) is 0 Å². The van der Waals surface area contributed by atoms with Crippen LogP contribution in [-0.2, 0) is 4.74 Å². The third-order valence-corrected chi connectivity index (χ3v) is 2.61. The Labute approximate surface area is 92.0 Å². The Balaban J connectivity index is 2.56. The van der Waals surface area contributed by atoms with Crippen molar-refractivity contribution in [1.29, 1.82) is 0 Å². The molecule has 1 aromatic heterocycles. The van der Waals surface area contributed by atoms with E-state index in [-0.39, 0.29) is 5.82 Å². The lowest BCUT2D eigenvalue weighted by molar-refractivity contribution is -0.392. The number of aromatic nitrogens is 1. The molecule has 0 aliphatic carbocycles. The lowest BCUT2D eigenvalue weighted by Gasteiger charge is -2.02. The quantitative estimate of drug-likeness (QED) is 0.323. The van der Waals surface area contributed by atoms with Crippen molar-refractivity contribution in [2.45, 2.75) is 11.8 Å². The van der Waals surface area contributed by atoms with Crippen LogP contribution in [0.3, 0.4) is 0 Å². The van der Waals surface area contributed by atoms with Gasteiger partial charge in [0.1, 0.15) is 11.1 Å². The third kappa shape index (κ3) is 3.85. The number of hydrogen-bond donors (Lipinski definition) is 0. The number of rotatable bonds is 6. The fourth-order valence-electron chi connectivity index (χ4n) is 0.987. The standard InChI is InChI=1S/C9H12N2O3S/c1-2-14-6-7-15-8-4-3-5-10-9(8)11(12)13/h3-5H,2,6-7H2,1H3. The average Bonchev–Trinajstić information content (AvgIpc) is 2.25. The molecule has 0 aromatic carbocycles.